The molecule has 0 saturated heterocycles. The van der Waals surface area contributed by atoms with Gasteiger partial charge in [-0.1, -0.05) is 0 Å². The predicted molar refractivity (Wildman–Crippen MR) is 41.5 cm³/mol. The van der Waals surface area contributed by atoms with Crippen LogP contribution < -0.4 is 11.3 Å². The fraction of sp³-hybridized carbons (Fsp3) is 0.143. The van der Waals surface area contributed by atoms with Crippen LogP contribution in [0.15, 0.2) is 17.1 Å². The first-order chi connectivity index (χ1) is 5.15. The van der Waals surface area contributed by atoms with Gasteiger partial charge in [0.25, 0.3) is 5.56 Å². The second-order valence-electron chi connectivity index (χ2n) is 2.26. The molecule has 0 amide bonds. The summed E-state index contributed by atoms with van der Waals surface area (Å²) in [4.78, 5) is 21.3. The van der Waals surface area contributed by atoms with Crippen molar-refractivity contribution < 1.29 is 4.79 Å². The Labute approximate surface area is 63.3 Å². The van der Waals surface area contributed by atoms with E-state index in [2.05, 4.69) is 0 Å². The monoisotopic (exact) mass is 152 g/mol. The van der Waals surface area contributed by atoms with Crippen molar-refractivity contribution in [2.45, 2.75) is 0 Å². The van der Waals surface area contributed by atoms with E-state index in [0.29, 0.717) is 12.0 Å². The second-order valence-corrected chi connectivity index (χ2v) is 2.26. The molecule has 0 aliphatic heterocycles. The van der Waals surface area contributed by atoms with E-state index < -0.39 is 0 Å². The van der Waals surface area contributed by atoms with Gasteiger partial charge in [-0.25, -0.2) is 0 Å². The highest BCUT2D eigenvalue weighted by Gasteiger charge is 1.99. The third-order valence-corrected chi connectivity index (χ3v) is 1.36. The average Bonchev–Trinajstić information content (AvgIpc) is 1.96. The van der Waals surface area contributed by atoms with E-state index >= 15 is 0 Å². The van der Waals surface area contributed by atoms with E-state index in [1.54, 1.807) is 7.05 Å². The molecule has 0 bridgehead atoms. The summed E-state index contributed by atoms with van der Waals surface area (Å²) in [5.41, 5.74) is 5.56. The minimum absolute atomic E-state index is 0.0903. The van der Waals surface area contributed by atoms with Crippen molar-refractivity contribution in [2.24, 2.45) is 7.05 Å². The summed E-state index contributed by atoms with van der Waals surface area (Å²) in [6.45, 7) is 0. The number of aromatic nitrogens is 1. The molecule has 0 aliphatic rings. The summed E-state index contributed by atoms with van der Waals surface area (Å²) in [5.74, 6) is 0. The molecule has 0 atom stereocenters. The number of hydrogen-bond acceptors (Lipinski definition) is 3. The molecule has 1 heterocycles. The SMILES string of the molecule is Cn1cc(N)cc(C=O)c1=O. The molecule has 4 nitrogen and oxygen atoms in total. The highest BCUT2D eigenvalue weighted by Crippen LogP contribution is 1.97. The van der Waals surface area contributed by atoms with Crippen LogP contribution in [0.25, 0.3) is 0 Å². The number of aryl methyl sites for hydroxylation is 1. The molecule has 0 radical (unpaired) electrons. The van der Waals surface area contributed by atoms with Crippen molar-refractivity contribution in [3.8, 4) is 0 Å². The zero-order valence-electron chi connectivity index (χ0n) is 6.07. The lowest BCUT2D eigenvalue weighted by atomic mass is 10.3. The van der Waals surface area contributed by atoms with Gasteiger partial charge >= 0.3 is 0 Å². The molecule has 1 aromatic rings. The lowest BCUT2D eigenvalue weighted by Gasteiger charge is -1.99. The first-order valence-electron chi connectivity index (χ1n) is 3.06. The average molecular weight is 152 g/mol. The van der Waals surface area contributed by atoms with Crippen LogP contribution in [-0.4, -0.2) is 10.9 Å². The molecule has 4 heteroatoms. The molecule has 58 valence electrons. The Morgan fingerprint density at radius 3 is 2.82 bits per heavy atom. The van der Waals surface area contributed by atoms with Gasteiger partial charge < -0.3 is 10.3 Å². The number of nitrogen functional groups attached to an aromatic ring is 1. The molecule has 0 fully saturated rings. The molecule has 1 rings (SSSR count). The van der Waals surface area contributed by atoms with Crippen molar-refractivity contribution in [1.82, 2.24) is 4.57 Å². The minimum Gasteiger partial charge on any atom is -0.398 e. The molecule has 2 N–H and O–H groups in total. The van der Waals surface area contributed by atoms with E-state index in [9.17, 15) is 9.59 Å². The molecule has 11 heavy (non-hydrogen) atoms. The van der Waals surface area contributed by atoms with Crippen LogP contribution in [0.1, 0.15) is 10.4 Å². The Balaban J connectivity index is 3.48. The molecule has 1 aromatic heterocycles. The summed E-state index contributed by atoms with van der Waals surface area (Å²) in [7, 11) is 1.55. The highest BCUT2D eigenvalue weighted by molar-refractivity contribution is 5.75. The van der Waals surface area contributed by atoms with E-state index in [-0.39, 0.29) is 11.1 Å². The van der Waals surface area contributed by atoms with Crippen LogP contribution in [0.5, 0.6) is 0 Å². The number of anilines is 1. The van der Waals surface area contributed by atoms with Gasteiger partial charge in [0.1, 0.15) is 0 Å². The van der Waals surface area contributed by atoms with Gasteiger partial charge in [-0.05, 0) is 6.07 Å². The van der Waals surface area contributed by atoms with Gasteiger partial charge in [-0.3, -0.25) is 9.59 Å². The molecule has 0 saturated carbocycles. The maximum Gasteiger partial charge on any atom is 0.261 e. The van der Waals surface area contributed by atoms with Gasteiger partial charge in [-0.2, -0.15) is 0 Å². The highest BCUT2D eigenvalue weighted by atomic mass is 16.1. The standard InChI is InChI=1S/C7H8N2O2/c1-9-3-6(8)2-5(4-10)7(9)11/h2-4H,8H2,1H3. The lowest BCUT2D eigenvalue weighted by molar-refractivity contribution is 0.112. The maximum atomic E-state index is 11.0. The first-order valence-corrected chi connectivity index (χ1v) is 3.06. The number of nitrogens with two attached hydrogens (primary N) is 1. The van der Waals surface area contributed by atoms with Crippen LogP contribution in [0.3, 0.4) is 0 Å². The van der Waals surface area contributed by atoms with Crippen LogP contribution in [0.2, 0.25) is 0 Å². The number of hydrogen-bond donors (Lipinski definition) is 1. The smallest absolute Gasteiger partial charge is 0.261 e. The summed E-state index contributed by atoms with van der Waals surface area (Å²) < 4.78 is 1.28. The first kappa shape index (κ1) is 7.53. The number of aldehydes is 1. The topological polar surface area (TPSA) is 65.1 Å². The van der Waals surface area contributed by atoms with Crippen molar-refractivity contribution in [2.75, 3.05) is 5.73 Å². The van der Waals surface area contributed by atoms with Crippen LogP contribution in [-0.2, 0) is 7.05 Å². The zero-order valence-corrected chi connectivity index (χ0v) is 6.07. The van der Waals surface area contributed by atoms with E-state index in [1.807, 2.05) is 0 Å². The Morgan fingerprint density at radius 1 is 1.64 bits per heavy atom. The van der Waals surface area contributed by atoms with Crippen LogP contribution in [0, 0.1) is 0 Å². The molecular formula is C7H8N2O2. The molecule has 0 aliphatic carbocycles. The number of nitrogens with zero attached hydrogens (tertiary/aromatic N) is 1. The van der Waals surface area contributed by atoms with Gasteiger partial charge in [-0.15, -0.1) is 0 Å². The summed E-state index contributed by atoms with van der Waals surface area (Å²) in [5, 5.41) is 0. The van der Waals surface area contributed by atoms with Gasteiger partial charge in [0.2, 0.25) is 0 Å². The number of carbonyl (C=O) groups excluding carboxylic acids is 1. The van der Waals surface area contributed by atoms with E-state index in [0.717, 1.165) is 0 Å². The second kappa shape index (κ2) is 2.57. The van der Waals surface area contributed by atoms with Crippen molar-refractivity contribution in [1.29, 1.82) is 0 Å². The van der Waals surface area contributed by atoms with Gasteiger partial charge in [0.15, 0.2) is 6.29 Å². The predicted octanol–water partition coefficient (Wildman–Crippen LogP) is -0.220. The Kier molecular flexibility index (Phi) is 1.76. The maximum absolute atomic E-state index is 11.0. The minimum atomic E-state index is -0.325. The molecule has 0 unspecified atom stereocenters. The van der Waals surface area contributed by atoms with Crippen molar-refractivity contribution >= 4 is 12.0 Å². The Hall–Kier alpha value is -1.58. The Bertz CT molecular complexity index is 341. The number of rotatable bonds is 1. The van der Waals surface area contributed by atoms with Gasteiger partial charge in [0, 0.05) is 18.9 Å². The third kappa shape index (κ3) is 1.29. The van der Waals surface area contributed by atoms with Crippen molar-refractivity contribution in [3.63, 3.8) is 0 Å². The van der Waals surface area contributed by atoms with Crippen LogP contribution in [0.4, 0.5) is 5.69 Å². The quantitative estimate of drug-likeness (QED) is 0.566. The summed E-state index contributed by atoms with van der Waals surface area (Å²) >= 11 is 0. The van der Waals surface area contributed by atoms with E-state index in [1.165, 1.54) is 16.8 Å². The largest absolute Gasteiger partial charge is 0.398 e. The zero-order chi connectivity index (χ0) is 8.43. The molecular weight excluding hydrogens is 144 g/mol. The normalized spacial score (nSPS) is 9.55. The van der Waals surface area contributed by atoms with E-state index in [4.69, 9.17) is 5.73 Å². The Morgan fingerprint density at radius 2 is 2.27 bits per heavy atom. The summed E-state index contributed by atoms with van der Waals surface area (Å²) in [6.07, 6.45) is 1.97. The molecule has 0 aromatic carbocycles. The molecule has 0 spiro atoms. The number of carbonyl (C=O) groups is 1. The van der Waals surface area contributed by atoms with Crippen LogP contribution >= 0.6 is 0 Å². The lowest BCUT2D eigenvalue weighted by Crippen LogP contribution is -2.20. The third-order valence-electron chi connectivity index (χ3n) is 1.36. The van der Waals surface area contributed by atoms with Crippen molar-refractivity contribution in [3.05, 3.63) is 28.2 Å². The fourth-order valence-corrected chi connectivity index (χ4v) is 0.849. The van der Waals surface area contributed by atoms with Gasteiger partial charge in [0.05, 0.1) is 5.56 Å². The fourth-order valence-electron chi connectivity index (χ4n) is 0.849. The number of pyridine rings is 1. The summed E-state index contributed by atoms with van der Waals surface area (Å²) in [6, 6.07) is 1.36.